The van der Waals surface area contributed by atoms with Crippen molar-refractivity contribution in [3.8, 4) is 0 Å². The fourth-order valence-corrected chi connectivity index (χ4v) is 2.27. The van der Waals surface area contributed by atoms with Crippen molar-refractivity contribution in [1.82, 2.24) is 10.2 Å². The molecule has 3 nitrogen and oxygen atoms in total. The molecule has 3 heteroatoms. The number of methoxy groups -OCH3 is 1. The molecule has 1 heterocycles. The van der Waals surface area contributed by atoms with E-state index >= 15 is 0 Å². The first-order valence-electron chi connectivity index (χ1n) is 6.28. The van der Waals surface area contributed by atoms with Gasteiger partial charge >= 0.3 is 0 Å². The van der Waals surface area contributed by atoms with Crippen molar-refractivity contribution in [1.29, 1.82) is 0 Å². The summed E-state index contributed by atoms with van der Waals surface area (Å²) < 4.78 is 5.38. The molecule has 1 fully saturated rings. The molecule has 0 aromatic heterocycles. The molecule has 0 aliphatic carbocycles. The van der Waals surface area contributed by atoms with Gasteiger partial charge in [-0.15, -0.1) is 0 Å². The molecule has 1 atom stereocenters. The first kappa shape index (κ1) is 12.9. The summed E-state index contributed by atoms with van der Waals surface area (Å²) in [4.78, 5) is 2.56. The average Bonchev–Trinajstić information content (AvgIpc) is 2.29. The highest BCUT2D eigenvalue weighted by Crippen LogP contribution is 2.13. The van der Waals surface area contributed by atoms with Crippen molar-refractivity contribution in [2.24, 2.45) is 0 Å². The van der Waals surface area contributed by atoms with E-state index in [0.717, 1.165) is 6.54 Å². The Hall–Kier alpha value is -0.120. The third-order valence-electron chi connectivity index (χ3n) is 3.33. The summed E-state index contributed by atoms with van der Waals surface area (Å²) in [5, 5.41) is 3.53. The normalized spacial score (nSPS) is 21.8. The molecule has 0 aromatic carbocycles. The van der Waals surface area contributed by atoms with Gasteiger partial charge in [-0.1, -0.05) is 13.8 Å². The molecule has 1 unspecified atom stereocenters. The lowest BCUT2D eigenvalue weighted by Crippen LogP contribution is -2.45. The van der Waals surface area contributed by atoms with E-state index in [4.69, 9.17) is 4.74 Å². The lowest BCUT2D eigenvalue weighted by atomic mass is 10.1. The van der Waals surface area contributed by atoms with Crippen LogP contribution in [0.15, 0.2) is 0 Å². The molecule has 15 heavy (non-hydrogen) atoms. The maximum atomic E-state index is 5.38. The van der Waals surface area contributed by atoms with Crippen LogP contribution in [0, 0.1) is 0 Å². The molecule has 0 bridgehead atoms. The summed E-state index contributed by atoms with van der Waals surface area (Å²) in [6, 6.07) is 0.661. The Bertz CT molecular complexity index is 156. The minimum Gasteiger partial charge on any atom is -0.381 e. The van der Waals surface area contributed by atoms with Gasteiger partial charge < -0.3 is 15.0 Å². The Morgan fingerprint density at radius 2 is 2.00 bits per heavy atom. The fourth-order valence-electron chi connectivity index (χ4n) is 2.27. The maximum absolute atomic E-state index is 5.38. The molecule has 0 aromatic rings. The first-order chi connectivity index (χ1) is 7.30. The highest BCUT2D eigenvalue weighted by atomic mass is 16.5. The van der Waals surface area contributed by atoms with Crippen molar-refractivity contribution in [3.05, 3.63) is 0 Å². The van der Waals surface area contributed by atoms with E-state index in [-0.39, 0.29) is 0 Å². The fraction of sp³-hybridized carbons (Fsp3) is 1.00. The monoisotopic (exact) mass is 214 g/mol. The third kappa shape index (κ3) is 4.49. The van der Waals surface area contributed by atoms with Gasteiger partial charge in [0.1, 0.15) is 0 Å². The standard InChI is InChI=1S/C12H26N2O/c1-4-11(13-5-2)10-14-8-6-12(15-3)7-9-14/h11-13H,4-10H2,1-3H3. The van der Waals surface area contributed by atoms with Gasteiger partial charge in [-0.25, -0.2) is 0 Å². The van der Waals surface area contributed by atoms with Crippen molar-refractivity contribution in [2.45, 2.75) is 45.3 Å². The summed E-state index contributed by atoms with van der Waals surface area (Å²) in [7, 11) is 1.83. The first-order valence-corrected chi connectivity index (χ1v) is 6.28. The number of rotatable bonds is 6. The van der Waals surface area contributed by atoms with Crippen LogP contribution < -0.4 is 5.32 Å². The van der Waals surface area contributed by atoms with Crippen LogP contribution in [0.3, 0.4) is 0 Å². The van der Waals surface area contributed by atoms with Crippen molar-refractivity contribution < 1.29 is 4.74 Å². The van der Waals surface area contributed by atoms with Crippen LogP contribution in [0.2, 0.25) is 0 Å². The van der Waals surface area contributed by atoms with E-state index in [1.807, 2.05) is 7.11 Å². The SMILES string of the molecule is CCNC(CC)CN1CCC(OC)CC1. The van der Waals surface area contributed by atoms with Gasteiger partial charge in [0.15, 0.2) is 0 Å². The second-order valence-electron chi connectivity index (χ2n) is 4.40. The van der Waals surface area contributed by atoms with Crippen molar-refractivity contribution >= 4 is 0 Å². The Morgan fingerprint density at radius 3 is 2.47 bits per heavy atom. The van der Waals surface area contributed by atoms with Crippen LogP contribution in [-0.4, -0.2) is 50.3 Å². The van der Waals surface area contributed by atoms with Gasteiger partial charge in [0.05, 0.1) is 6.10 Å². The Balaban J connectivity index is 2.21. The lowest BCUT2D eigenvalue weighted by Gasteiger charge is -2.33. The molecular formula is C12H26N2O. The zero-order valence-corrected chi connectivity index (χ0v) is 10.5. The van der Waals surface area contributed by atoms with Crippen LogP contribution in [0.1, 0.15) is 33.1 Å². The minimum atomic E-state index is 0.500. The number of nitrogens with zero attached hydrogens (tertiary/aromatic N) is 1. The molecule has 1 aliphatic rings. The second-order valence-corrected chi connectivity index (χ2v) is 4.40. The third-order valence-corrected chi connectivity index (χ3v) is 3.33. The highest BCUT2D eigenvalue weighted by molar-refractivity contribution is 4.76. The molecule has 0 amide bonds. The molecule has 1 saturated heterocycles. The highest BCUT2D eigenvalue weighted by Gasteiger charge is 2.20. The number of piperidine rings is 1. The minimum absolute atomic E-state index is 0.500. The summed E-state index contributed by atoms with van der Waals surface area (Å²) in [6.07, 6.45) is 4.11. The van der Waals surface area contributed by atoms with Gasteiger partial charge in [-0.3, -0.25) is 0 Å². The zero-order chi connectivity index (χ0) is 11.1. The predicted octanol–water partition coefficient (Wildman–Crippen LogP) is 1.49. The Morgan fingerprint density at radius 1 is 1.33 bits per heavy atom. The van der Waals surface area contributed by atoms with E-state index in [2.05, 4.69) is 24.1 Å². The van der Waals surface area contributed by atoms with E-state index in [9.17, 15) is 0 Å². The summed E-state index contributed by atoms with van der Waals surface area (Å²) in [6.45, 7) is 9.10. The second kappa shape index (κ2) is 7.20. The summed E-state index contributed by atoms with van der Waals surface area (Å²) in [5.74, 6) is 0. The van der Waals surface area contributed by atoms with Crippen LogP contribution in [0.4, 0.5) is 0 Å². The number of ether oxygens (including phenoxy) is 1. The largest absolute Gasteiger partial charge is 0.381 e. The molecule has 1 rings (SSSR count). The number of likely N-dealkylation sites (tertiary alicyclic amines) is 1. The van der Waals surface area contributed by atoms with E-state index < -0.39 is 0 Å². The average molecular weight is 214 g/mol. The quantitative estimate of drug-likeness (QED) is 0.725. The topological polar surface area (TPSA) is 24.5 Å². The van der Waals surface area contributed by atoms with Crippen molar-refractivity contribution in [2.75, 3.05) is 33.3 Å². The molecule has 0 radical (unpaired) electrons. The number of likely N-dealkylation sites (N-methyl/N-ethyl adjacent to an activating group) is 1. The van der Waals surface area contributed by atoms with Crippen LogP contribution in [0.5, 0.6) is 0 Å². The zero-order valence-electron chi connectivity index (χ0n) is 10.5. The summed E-state index contributed by atoms with van der Waals surface area (Å²) in [5.41, 5.74) is 0. The van der Waals surface area contributed by atoms with E-state index in [0.29, 0.717) is 12.1 Å². The maximum Gasteiger partial charge on any atom is 0.0595 e. The molecule has 90 valence electrons. The lowest BCUT2D eigenvalue weighted by molar-refractivity contribution is 0.0383. The van der Waals surface area contributed by atoms with Gasteiger partial charge in [-0.2, -0.15) is 0 Å². The molecular weight excluding hydrogens is 188 g/mol. The van der Waals surface area contributed by atoms with Crippen LogP contribution >= 0.6 is 0 Å². The van der Waals surface area contributed by atoms with Crippen LogP contribution in [0.25, 0.3) is 0 Å². The smallest absolute Gasteiger partial charge is 0.0595 e. The van der Waals surface area contributed by atoms with Crippen LogP contribution in [-0.2, 0) is 4.74 Å². The number of hydrogen-bond acceptors (Lipinski definition) is 3. The molecule has 1 aliphatic heterocycles. The number of nitrogens with one attached hydrogen (secondary N) is 1. The van der Waals surface area contributed by atoms with Gasteiger partial charge in [0.2, 0.25) is 0 Å². The number of hydrogen-bond donors (Lipinski definition) is 1. The van der Waals surface area contributed by atoms with Gasteiger partial charge in [0.25, 0.3) is 0 Å². The molecule has 0 saturated carbocycles. The van der Waals surface area contributed by atoms with E-state index in [1.165, 1.54) is 38.9 Å². The molecule has 0 spiro atoms. The molecule has 1 N–H and O–H groups in total. The van der Waals surface area contributed by atoms with Crippen molar-refractivity contribution in [3.63, 3.8) is 0 Å². The van der Waals surface area contributed by atoms with Gasteiger partial charge in [-0.05, 0) is 25.8 Å². The Labute approximate surface area is 94.2 Å². The summed E-state index contributed by atoms with van der Waals surface area (Å²) >= 11 is 0. The Kier molecular flexibility index (Phi) is 6.22. The van der Waals surface area contributed by atoms with Gasteiger partial charge in [0, 0.05) is 32.8 Å². The predicted molar refractivity (Wildman–Crippen MR) is 64.2 cm³/mol. The van der Waals surface area contributed by atoms with E-state index in [1.54, 1.807) is 0 Å².